The van der Waals surface area contributed by atoms with Crippen LogP contribution in [0, 0.1) is 0 Å². The van der Waals surface area contributed by atoms with E-state index in [0.717, 1.165) is 12.8 Å². The van der Waals surface area contributed by atoms with Gasteiger partial charge < -0.3 is 14.2 Å². The number of benzene rings is 2. The summed E-state index contributed by atoms with van der Waals surface area (Å²) in [5.41, 5.74) is 2.51. The lowest BCUT2D eigenvalue weighted by atomic mass is 10.1. The molecule has 23 heavy (non-hydrogen) atoms. The Morgan fingerprint density at radius 2 is 1.04 bits per heavy atom. The molecule has 0 heterocycles. The molecule has 0 bridgehead atoms. The number of methoxy groups -OCH3 is 2. The van der Waals surface area contributed by atoms with Crippen molar-refractivity contribution in [2.24, 2.45) is 0 Å². The smallest absolute Gasteiger partial charge is 0.0853 e. The third-order valence-electron chi connectivity index (χ3n) is 3.70. The lowest BCUT2D eigenvalue weighted by molar-refractivity contribution is -0.0722. The predicted octanol–water partition coefficient (Wildman–Crippen LogP) is 3.52. The zero-order valence-electron chi connectivity index (χ0n) is 14.0. The number of ether oxygens (including phenoxy) is 3. The van der Waals surface area contributed by atoms with E-state index in [9.17, 15) is 0 Å². The van der Waals surface area contributed by atoms with Gasteiger partial charge in [-0.3, -0.25) is 0 Å². The highest BCUT2D eigenvalue weighted by Crippen LogP contribution is 2.13. The molecule has 2 aromatic carbocycles. The largest absolute Gasteiger partial charge is 0.382 e. The molecule has 0 radical (unpaired) electrons. The fourth-order valence-electron chi connectivity index (χ4n) is 2.69. The van der Waals surface area contributed by atoms with Gasteiger partial charge in [0.2, 0.25) is 0 Å². The molecule has 0 amide bonds. The van der Waals surface area contributed by atoms with E-state index in [0.29, 0.717) is 13.2 Å². The van der Waals surface area contributed by atoms with Crippen molar-refractivity contribution >= 4 is 0 Å². The maximum Gasteiger partial charge on any atom is 0.0853 e. The summed E-state index contributed by atoms with van der Waals surface area (Å²) >= 11 is 0. The van der Waals surface area contributed by atoms with Crippen LogP contribution in [0.4, 0.5) is 0 Å². The van der Waals surface area contributed by atoms with Gasteiger partial charge in [-0.2, -0.15) is 0 Å². The molecule has 124 valence electrons. The molecule has 0 fully saturated rings. The van der Waals surface area contributed by atoms with Gasteiger partial charge in [0.1, 0.15) is 0 Å². The summed E-state index contributed by atoms with van der Waals surface area (Å²) < 4.78 is 17.0. The molecule has 0 aliphatic heterocycles. The quantitative estimate of drug-likeness (QED) is 0.671. The van der Waals surface area contributed by atoms with Gasteiger partial charge in [-0.05, 0) is 11.1 Å². The van der Waals surface area contributed by atoms with E-state index < -0.39 is 0 Å². The Bertz CT molecular complexity index is 478. The third-order valence-corrected chi connectivity index (χ3v) is 3.70. The minimum Gasteiger partial charge on any atom is -0.382 e. The minimum atomic E-state index is 0.0197. The maximum absolute atomic E-state index is 6.29. The molecule has 0 aromatic heterocycles. The Balaban J connectivity index is 1.98. The number of rotatable bonds is 10. The van der Waals surface area contributed by atoms with Crippen LogP contribution in [0.2, 0.25) is 0 Å². The van der Waals surface area contributed by atoms with Crippen molar-refractivity contribution in [3.8, 4) is 0 Å². The first-order chi connectivity index (χ1) is 11.3. The minimum absolute atomic E-state index is 0.0197. The van der Waals surface area contributed by atoms with Crippen molar-refractivity contribution in [3.05, 3.63) is 71.8 Å². The van der Waals surface area contributed by atoms with Gasteiger partial charge in [-0.25, -0.2) is 0 Å². The van der Waals surface area contributed by atoms with Crippen LogP contribution >= 0.6 is 0 Å². The molecule has 0 aliphatic carbocycles. The highest BCUT2D eigenvalue weighted by molar-refractivity contribution is 5.16. The van der Waals surface area contributed by atoms with Gasteiger partial charge in [0, 0.05) is 27.1 Å². The van der Waals surface area contributed by atoms with E-state index in [-0.39, 0.29) is 12.2 Å². The zero-order chi connectivity index (χ0) is 16.3. The lowest BCUT2D eigenvalue weighted by Gasteiger charge is -2.24. The van der Waals surface area contributed by atoms with E-state index in [1.165, 1.54) is 11.1 Å². The van der Waals surface area contributed by atoms with Crippen LogP contribution in [0.1, 0.15) is 11.1 Å². The van der Waals surface area contributed by atoms with Crippen LogP contribution in [0.3, 0.4) is 0 Å². The van der Waals surface area contributed by atoms with Gasteiger partial charge in [0.25, 0.3) is 0 Å². The summed E-state index contributed by atoms with van der Waals surface area (Å²) in [6, 6.07) is 20.7. The molecular weight excluding hydrogens is 288 g/mol. The Morgan fingerprint density at radius 3 is 1.39 bits per heavy atom. The Kier molecular flexibility index (Phi) is 7.81. The molecule has 2 unspecified atom stereocenters. The summed E-state index contributed by atoms with van der Waals surface area (Å²) in [7, 11) is 3.42. The first-order valence-electron chi connectivity index (χ1n) is 8.03. The van der Waals surface area contributed by atoms with Gasteiger partial charge in [-0.15, -0.1) is 0 Å². The zero-order valence-corrected chi connectivity index (χ0v) is 14.0. The number of hydrogen-bond donors (Lipinski definition) is 0. The highest BCUT2D eigenvalue weighted by Gasteiger charge is 2.18. The highest BCUT2D eigenvalue weighted by atomic mass is 16.6. The maximum atomic E-state index is 6.29. The van der Waals surface area contributed by atoms with Crippen molar-refractivity contribution in [1.29, 1.82) is 0 Å². The standard InChI is InChI=1S/C20H26O3/c1-21-15-19(13-17-9-5-3-6-10-17)23-20(16-22-2)14-18-11-7-4-8-12-18/h3-12,19-20H,13-16H2,1-2H3. The Morgan fingerprint density at radius 1 is 0.652 bits per heavy atom. The first-order valence-corrected chi connectivity index (χ1v) is 8.03. The van der Waals surface area contributed by atoms with Crippen molar-refractivity contribution in [3.63, 3.8) is 0 Å². The van der Waals surface area contributed by atoms with E-state index in [2.05, 4.69) is 48.5 Å². The normalized spacial score (nSPS) is 13.7. The van der Waals surface area contributed by atoms with Crippen molar-refractivity contribution < 1.29 is 14.2 Å². The molecule has 0 aliphatic rings. The number of hydrogen-bond acceptors (Lipinski definition) is 3. The predicted molar refractivity (Wildman–Crippen MR) is 92.7 cm³/mol. The molecule has 0 saturated carbocycles. The Hall–Kier alpha value is -1.68. The van der Waals surface area contributed by atoms with Crippen molar-refractivity contribution in [2.75, 3.05) is 27.4 Å². The van der Waals surface area contributed by atoms with Crippen molar-refractivity contribution in [2.45, 2.75) is 25.0 Å². The fraction of sp³-hybridized carbons (Fsp3) is 0.400. The monoisotopic (exact) mass is 314 g/mol. The van der Waals surface area contributed by atoms with Crippen LogP contribution in [-0.2, 0) is 27.1 Å². The van der Waals surface area contributed by atoms with Crippen LogP contribution in [0.5, 0.6) is 0 Å². The summed E-state index contributed by atoms with van der Waals surface area (Å²) in [5.74, 6) is 0. The molecule has 0 saturated heterocycles. The summed E-state index contributed by atoms with van der Waals surface area (Å²) in [6.45, 7) is 1.15. The topological polar surface area (TPSA) is 27.7 Å². The average molecular weight is 314 g/mol. The van der Waals surface area contributed by atoms with Crippen LogP contribution in [-0.4, -0.2) is 39.6 Å². The molecule has 3 nitrogen and oxygen atoms in total. The molecule has 2 aromatic rings. The average Bonchev–Trinajstić information content (AvgIpc) is 2.57. The second-order valence-corrected chi connectivity index (χ2v) is 5.67. The van der Waals surface area contributed by atoms with Gasteiger partial charge in [-0.1, -0.05) is 60.7 Å². The Labute approximate surface area is 139 Å². The summed E-state index contributed by atoms with van der Waals surface area (Å²) in [6.07, 6.45) is 1.71. The lowest BCUT2D eigenvalue weighted by Crippen LogP contribution is -2.32. The van der Waals surface area contributed by atoms with Crippen molar-refractivity contribution in [1.82, 2.24) is 0 Å². The van der Waals surface area contributed by atoms with Gasteiger partial charge in [0.15, 0.2) is 0 Å². The molecule has 0 N–H and O–H groups in total. The summed E-state index contributed by atoms with van der Waals surface area (Å²) in [5, 5.41) is 0. The molecule has 0 spiro atoms. The van der Waals surface area contributed by atoms with E-state index in [4.69, 9.17) is 14.2 Å². The third kappa shape index (κ3) is 6.53. The van der Waals surface area contributed by atoms with Gasteiger partial charge >= 0.3 is 0 Å². The SMILES string of the molecule is COCC(Cc1ccccc1)OC(COC)Cc1ccccc1. The molecule has 2 rings (SSSR count). The van der Waals surface area contributed by atoms with E-state index in [1.807, 2.05) is 12.1 Å². The molecular formula is C20H26O3. The van der Waals surface area contributed by atoms with Crippen LogP contribution < -0.4 is 0 Å². The van der Waals surface area contributed by atoms with E-state index in [1.54, 1.807) is 14.2 Å². The second-order valence-electron chi connectivity index (χ2n) is 5.67. The molecule has 2 atom stereocenters. The van der Waals surface area contributed by atoms with Crippen LogP contribution in [0.25, 0.3) is 0 Å². The molecule has 3 heteroatoms. The van der Waals surface area contributed by atoms with Crippen LogP contribution in [0.15, 0.2) is 60.7 Å². The second kappa shape index (κ2) is 10.2. The summed E-state index contributed by atoms with van der Waals surface area (Å²) in [4.78, 5) is 0. The first kappa shape index (κ1) is 17.7. The van der Waals surface area contributed by atoms with E-state index >= 15 is 0 Å². The van der Waals surface area contributed by atoms with Gasteiger partial charge in [0.05, 0.1) is 25.4 Å². The fourth-order valence-corrected chi connectivity index (χ4v) is 2.69.